The number of unbranched alkanes of at least 4 members (excludes halogenated alkanes) is 46. The Morgan fingerprint density at radius 2 is 0.495 bits per heavy atom. The molecule has 17 nitrogen and oxygen atoms in total. The minimum absolute atomic E-state index is 0.108. The van der Waals surface area contributed by atoms with E-state index in [1.54, 1.807) is 0 Å². The predicted molar refractivity (Wildman–Crippen MR) is 377 cm³/mol. The van der Waals surface area contributed by atoms with Gasteiger partial charge in [-0.05, 0) is 31.6 Å². The van der Waals surface area contributed by atoms with Gasteiger partial charge in [0.15, 0.2) is 12.2 Å². The summed E-state index contributed by atoms with van der Waals surface area (Å²) < 4.78 is 68.5. The van der Waals surface area contributed by atoms with Crippen molar-refractivity contribution in [2.75, 3.05) is 39.6 Å². The first-order valence-electron chi connectivity index (χ1n) is 38.6. The molecule has 93 heavy (non-hydrogen) atoms. The molecule has 0 saturated heterocycles. The summed E-state index contributed by atoms with van der Waals surface area (Å²) in [6, 6.07) is 0. The fourth-order valence-corrected chi connectivity index (χ4v) is 12.9. The van der Waals surface area contributed by atoms with Crippen LogP contribution in [-0.2, 0) is 65.4 Å². The zero-order valence-corrected chi connectivity index (χ0v) is 62.2. The topological polar surface area (TPSA) is 237 Å². The Labute approximate surface area is 568 Å². The summed E-state index contributed by atoms with van der Waals surface area (Å²) >= 11 is 0. The van der Waals surface area contributed by atoms with Gasteiger partial charge in [0, 0.05) is 25.7 Å². The second-order valence-electron chi connectivity index (χ2n) is 27.2. The van der Waals surface area contributed by atoms with E-state index < -0.39 is 97.5 Å². The van der Waals surface area contributed by atoms with Crippen molar-refractivity contribution in [3.63, 3.8) is 0 Å². The summed E-state index contributed by atoms with van der Waals surface area (Å²) in [5.74, 6) is -1.34. The normalized spacial score (nSPS) is 14.0. The Hall–Kier alpha value is -1.94. The molecule has 19 heteroatoms. The Balaban J connectivity index is 5.25. The number of carbonyl (C=O) groups excluding carboxylic acids is 4. The van der Waals surface area contributed by atoms with Gasteiger partial charge in [-0.25, -0.2) is 9.13 Å². The molecule has 0 heterocycles. The molecule has 0 aliphatic heterocycles. The van der Waals surface area contributed by atoms with Gasteiger partial charge in [0.25, 0.3) is 0 Å². The van der Waals surface area contributed by atoms with Crippen molar-refractivity contribution in [2.24, 2.45) is 5.92 Å². The van der Waals surface area contributed by atoms with Gasteiger partial charge in [-0.2, -0.15) is 0 Å². The van der Waals surface area contributed by atoms with Gasteiger partial charge >= 0.3 is 39.5 Å². The SMILES string of the molecule is CCCCCCCCCCCCCCCCCC(=O)OC[C@H](COP(=O)(O)OC[C@@H](O)COP(=O)(O)OC[C@@H](COC(=O)CCCCCCCCCCCC)OC(=O)CCCCCCCCCCCCCCC)OC(=O)CCCCCCCCCCCCCCC(C)C. The average Bonchev–Trinajstić information content (AvgIpc) is 2.18. The van der Waals surface area contributed by atoms with Crippen molar-refractivity contribution in [2.45, 2.75) is 406 Å². The molecule has 0 amide bonds. The maximum absolute atomic E-state index is 13.1. The van der Waals surface area contributed by atoms with Crippen molar-refractivity contribution in [1.29, 1.82) is 0 Å². The molecule has 0 radical (unpaired) electrons. The first-order valence-corrected chi connectivity index (χ1v) is 41.6. The van der Waals surface area contributed by atoms with Crippen molar-refractivity contribution < 1.29 is 80.2 Å². The molecule has 552 valence electrons. The van der Waals surface area contributed by atoms with Gasteiger partial charge in [-0.15, -0.1) is 0 Å². The molecule has 0 aromatic heterocycles. The first kappa shape index (κ1) is 91.1. The molecule has 5 atom stereocenters. The number of ether oxygens (including phenoxy) is 4. The zero-order chi connectivity index (χ0) is 68.4. The van der Waals surface area contributed by atoms with Gasteiger partial charge in [0.05, 0.1) is 26.4 Å². The number of aliphatic hydroxyl groups is 1. The lowest BCUT2D eigenvalue weighted by atomic mass is 10.0. The van der Waals surface area contributed by atoms with Crippen molar-refractivity contribution >= 4 is 39.5 Å². The van der Waals surface area contributed by atoms with Crippen LogP contribution < -0.4 is 0 Å². The highest BCUT2D eigenvalue weighted by Crippen LogP contribution is 2.45. The van der Waals surface area contributed by atoms with Gasteiger partial charge < -0.3 is 33.8 Å². The number of hydrogen-bond donors (Lipinski definition) is 3. The first-order chi connectivity index (χ1) is 45.0. The Kier molecular flexibility index (Phi) is 65.9. The molecule has 0 bridgehead atoms. The molecule has 0 saturated carbocycles. The maximum atomic E-state index is 13.1. The minimum atomic E-state index is -4.95. The van der Waals surface area contributed by atoms with Crippen LogP contribution in [0, 0.1) is 5.92 Å². The largest absolute Gasteiger partial charge is 0.472 e. The van der Waals surface area contributed by atoms with Crippen molar-refractivity contribution in [3.05, 3.63) is 0 Å². The van der Waals surface area contributed by atoms with E-state index in [1.165, 1.54) is 212 Å². The quantitative estimate of drug-likeness (QED) is 0.0222. The van der Waals surface area contributed by atoms with Crippen LogP contribution in [0.5, 0.6) is 0 Å². The summed E-state index contributed by atoms with van der Waals surface area (Å²) in [6.45, 7) is 7.29. The van der Waals surface area contributed by atoms with E-state index >= 15 is 0 Å². The third kappa shape index (κ3) is 68.4. The van der Waals surface area contributed by atoms with Gasteiger partial charge in [0.1, 0.15) is 19.3 Å². The second kappa shape index (κ2) is 67.3. The standard InChI is InChI=1S/C74H144O17P2/c1-6-9-12-15-18-21-24-26-27-29-33-38-43-48-53-58-72(77)85-64-70(91-74(79)60-55-50-45-40-35-31-30-32-36-41-46-51-56-67(4)5)66-89-93(82,83)87-62-68(75)61-86-92(80,81)88-65-69(63-84-71(76)57-52-47-42-37-23-20-17-14-11-8-3)90-73(78)59-54-49-44-39-34-28-25-22-19-16-13-10-7-2/h67-70,75H,6-66H2,1-5H3,(H,80,81)(H,82,83)/t68-,69+,70+/m0/s1. The molecule has 2 unspecified atom stereocenters. The van der Waals surface area contributed by atoms with E-state index in [4.69, 9.17) is 37.0 Å². The summed E-state index contributed by atoms with van der Waals surface area (Å²) in [5, 5.41) is 10.6. The van der Waals surface area contributed by atoms with E-state index in [1.807, 2.05) is 0 Å². The molecule has 0 aliphatic carbocycles. The lowest BCUT2D eigenvalue weighted by Crippen LogP contribution is -2.30. The molecular weight excluding hydrogens is 1220 g/mol. The molecule has 3 N–H and O–H groups in total. The number of aliphatic hydroxyl groups excluding tert-OH is 1. The maximum Gasteiger partial charge on any atom is 0.472 e. The number of hydrogen-bond acceptors (Lipinski definition) is 15. The summed E-state index contributed by atoms with van der Waals surface area (Å²) in [5.41, 5.74) is 0. The fraction of sp³-hybridized carbons (Fsp3) is 0.946. The lowest BCUT2D eigenvalue weighted by molar-refractivity contribution is -0.161. The van der Waals surface area contributed by atoms with Crippen LogP contribution in [0.15, 0.2) is 0 Å². The Morgan fingerprint density at radius 3 is 0.731 bits per heavy atom. The van der Waals surface area contributed by atoms with Crippen LogP contribution in [-0.4, -0.2) is 96.7 Å². The van der Waals surface area contributed by atoms with Crippen molar-refractivity contribution in [3.8, 4) is 0 Å². The van der Waals surface area contributed by atoms with Crippen LogP contribution >= 0.6 is 15.6 Å². The monoisotopic (exact) mass is 1370 g/mol. The average molecular weight is 1370 g/mol. The van der Waals surface area contributed by atoms with Crippen LogP contribution in [0.2, 0.25) is 0 Å². The van der Waals surface area contributed by atoms with E-state index in [9.17, 15) is 43.2 Å². The van der Waals surface area contributed by atoms with Gasteiger partial charge in [0.2, 0.25) is 0 Å². The van der Waals surface area contributed by atoms with Gasteiger partial charge in [-0.1, -0.05) is 336 Å². The predicted octanol–water partition coefficient (Wildman–Crippen LogP) is 21.7. The van der Waals surface area contributed by atoms with E-state index in [0.717, 1.165) is 95.8 Å². The molecule has 0 aromatic rings. The highest BCUT2D eigenvalue weighted by atomic mass is 31.2. The highest BCUT2D eigenvalue weighted by molar-refractivity contribution is 7.47. The third-order valence-corrected chi connectivity index (χ3v) is 19.2. The number of esters is 4. The Bertz CT molecular complexity index is 1790. The van der Waals surface area contributed by atoms with Crippen LogP contribution in [0.1, 0.15) is 388 Å². The fourth-order valence-electron chi connectivity index (χ4n) is 11.4. The highest BCUT2D eigenvalue weighted by Gasteiger charge is 2.30. The summed E-state index contributed by atoms with van der Waals surface area (Å²) in [6.07, 6.45) is 55.3. The minimum Gasteiger partial charge on any atom is -0.462 e. The molecule has 0 rings (SSSR count). The number of phosphoric acid groups is 2. The Morgan fingerprint density at radius 1 is 0.290 bits per heavy atom. The third-order valence-electron chi connectivity index (χ3n) is 17.3. The smallest absolute Gasteiger partial charge is 0.462 e. The second-order valence-corrected chi connectivity index (χ2v) is 30.1. The molecule has 0 fully saturated rings. The van der Waals surface area contributed by atoms with Gasteiger partial charge in [-0.3, -0.25) is 37.3 Å². The van der Waals surface area contributed by atoms with Crippen LogP contribution in [0.25, 0.3) is 0 Å². The van der Waals surface area contributed by atoms with E-state index in [2.05, 4.69) is 34.6 Å². The van der Waals surface area contributed by atoms with Crippen molar-refractivity contribution in [1.82, 2.24) is 0 Å². The molecule has 0 spiro atoms. The number of rotatable bonds is 74. The number of phosphoric ester groups is 2. The zero-order valence-electron chi connectivity index (χ0n) is 60.4. The van der Waals surface area contributed by atoms with E-state index in [0.29, 0.717) is 25.7 Å². The molecule has 0 aliphatic rings. The molecule has 0 aromatic carbocycles. The summed E-state index contributed by atoms with van der Waals surface area (Å²) in [7, 11) is -9.91. The number of carbonyl (C=O) groups is 4. The van der Waals surface area contributed by atoms with E-state index in [-0.39, 0.29) is 25.7 Å². The van der Waals surface area contributed by atoms with Crippen LogP contribution in [0.4, 0.5) is 0 Å². The molecular formula is C74H144O17P2. The lowest BCUT2D eigenvalue weighted by Gasteiger charge is -2.21. The van der Waals surface area contributed by atoms with Crippen LogP contribution in [0.3, 0.4) is 0 Å². The summed E-state index contributed by atoms with van der Waals surface area (Å²) in [4.78, 5) is 72.7.